The Morgan fingerprint density at radius 1 is 1.45 bits per heavy atom. The number of hydrogen-bond donors (Lipinski definition) is 2. The molecule has 0 aliphatic heterocycles. The zero-order chi connectivity index (χ0) is 7.84. The molecule has 1 heterocycles. The van der Waals surface area contributed by atoms with Gasteiger partial charge in [0.25, 0.3) is 0 Å². The van der Waals surface area contributed by atoms with E-state index in [0.717, 1.165) is 17.7 Å². The van der Waals surface area contributed by atoms with Crippen molar-refractivity contribution in [2.24, 2.45) is 0 Å². The van der Waals surface area contributed by atoms with E-state index in [-0.39, 0.29) is 0 Å². The van der Waals surface area contributed by atoms with Crippen molar-refractivity contribution in [3.63, 3.8) is 0 Å². The van der Waals surface area contributed by atoms with Crippen LogP contribution in [-0.2, 0) is 6.42 Å². The molecule has 0 radical (unpaired) electrons. The van der Waals surface area contributed by atoms with Gasteiger partial charge in [-0.25, -0.2) is 0 Å². The third-order valence-corrected chi connectivity index (χ3v) is 2.13. The second-order valence-electron chi connectivity index (χ2n) is 2.85. The maximum Gasteiger partial charge on any atom is 0.109 e. The highest BCUT2D eigenvalue weighted by Crippen LogP contribution is 2.30. The summed E-state index contributed by atoms with van der Waals surface area (Å²) in [6.07, 6.45) is 1.48. The van der Waals surface area contributed by atoms with Crippen LogP contribution in [0.2, 0.25) is 0 Å². The lowest BCUT2D eigenvalue weighted by Gasteiger charge is -2.22. The first-order valence-corrected chi connectivity index (χ1v) is 3.71. The Labute approximate surface area is 64.3 Å². The molecule has 1 aromatic rings. The molecule has 0 aromatic carbocycles. The number of aliphatic hydroxyl groups is 2. The van der Waals surface area contributed by atoms with Crippen LogP contribution in [0.4, 0.5) is 0 Å². The van der Waals surface area contributed by atoms with Crippen LogP contribution >= 0.6 is 0 Å². The molecule has 2 atom stereocenters. The minimum Gasteiger partial charge on any atom is -0.469 e. The lowest BCUT2D eigenvalue weighted by molar-refractivity contribution is 0.00417. The Morgan fingerprint density at radius 3 is 3.09 bits per heavy atom. The second-order valence-corrected chi connectivity index (χ2v) is 2.85. The summed E-state index contributed by atoms with van der Waals surface area (Å²) in [6, 6.07) is 1.71. The molecular formula is C8H10O3. The summed E-state index contributed by atoms with van der Waals surface area (Å²) >= 11 is 0. The largest absolute Gasteiger partial charge is 0.469 e. The van der Waals surface area contributed by atoms with Crippen LogP contribution in [-0.4, -0.2) is 16.3 Å². The molecule has 3 heteroatoms. The zero-order valence-corrected chi connectivity index (χ0v) is 6.03. The van der Waals surface area contributed by atoms with Crippen LogP contribution in [0.25, 0.3) is 0 Å². The van der Waals surface area contributed by atoms with Gasteiger partial charge in [-0.2, -0.15) is 0 Å². The van der Waals surface area contributed by atoms with E-state index in [9.17, 15) is 10.2 Å². The molecule has 0 fully saturated rings. The van der Waals surface area contributed by atoms with E-state index in [1.54, 1.807) is 12.3 Å². The van der Waals surface area contributed by atoms with E-state index in [1.807, 2.05) is 0 Å². The van der Waals surface area contributed by atoms with E-state index in [2.05, 4.69) is 0 Å². The van der Waals surface area contributed by atoms with E-state index in [0.29, 0.717) is 6.42 Å². The average molecular weight is 154 g/mol. The number of aliphatic hydroxyl groups excluding tert-OH is 2. The average Bonchev–Trinajstić information content (AvgIpc) is 2.45. The van der Waals surface area contributed by atoms with Crippen molar-refractivity contribution < 1.29 is 14.6 Å². The maximum atomic E-state index is 9.41. The summed E-state index contributed by atoms with van der Waals surface area (Å²) < 4.78 is 5.10. The summed E-state index contributed by atoms with van der Waals surface area (Å²) in [5, 5.41) is 18.7. The molecular weight excluding hydrogens is 144 g/mol. The molecule has 3 nitrogen and oxygen atoms in total. The molecule has 1 aromatic heterocycles. The molecule has 0 bridgehead atoms. The molecule has 1 aliphatic carbocycles. The van der Waals surface area contributed by atoms with Crippen molar-refractivity contribution in [3.8, 4) is 0 Å². The fourth-order valence-corrected chi connectivity index (χ4v) is 1.46. The monoisotopic (exact) mass is 154 g/mol. The summed E-state index contributed by atoms with van der Waals surface area (Å²) in [5.74, 6) is 0.808. The third kappa shape index (κ3) is 0.968. The maximum absolute atomic E-state index is 9.41. The topological polar surface area (TPSA) is 53.6 Å². The Hall–Kier alpha value is -0.800. The number of hydrogen-bond acceptors (Lipinski definition) is 3. The molecule has 0 amide bonds. The van der Waals surface area contributed by atoms with Crippen molar-refractivity contribution in [2.75, 3.05) is 0 Å². The van der Waals surface area contributed by atoms with Crippen LogP contribution in [0.5, 0.6) is 0 Å². The van der Waals surface area contributed by atoms with Gasteiger partial charge in [0.15, 0.2) is 0 Å². The van der Waals surface area contributed by atoms with Crippen molar-refractivity contribution in [2.45, 2.75) is 25.0 Å². The SMILES string of the molecule is O[C@@H]1c2ccoc2CC[C@@H]1O. The molecule has 11 heavy (non-hydrogen) atoms. The quantitative estimate of drug-likeness (QED) is 0.576. The Morgan fingerprint density at radius 2 is 2.27 bits per heavy atom. The van der Waals surface area contributed by atoms with Gasteiger partial charge in [0.2, 0.25) is 0 Å². The van der Waals surface area contributed by atoms with Crippen LogP contribution < -0.4 is 0 Å². The van der Waals surface area contributed by atoms with Crippen LogP contribution in [0.1, 0.15) is 23.8 Å². The summed E-state index contributed by atoms with van der Waals surface area (Å²) in [7, 11) is 0. The van der Waals surface area contributed by atoms with E-state index >= 15 is 0 Å². The predicted octanol–water partition coefficient (Wildman–Crippen LogP) is 0.620. The molecule has 0 spiro atoms. The van der Waals surface area contributed by atoms with Crippen LogP contribution in [0.3, 0.4) is 0 Å². The Bertz CT molecular complexity index is 254. The summed E-state index contributed by atoms with van der Waals surface area (Å²) in [4.78, 5) is 0. The highest BCUT2D eigenvalue weighted by atomic mass is 16.3. The Kier molecular flexibility index (Phi) is 1.47. The van der Waals surface area contributed by atoms with Crippen LogP contribution in [0, 0.1) is 0 Å². The first-order chi connectivity index (χ1) is 5.29. The fourth-order valence-electron chi connectivity index (χ4n) is 1.46. The first kappa shape index (κ1) is 6.88. The highest BCUT2D eigenvalue weighted by molar-refractivity contribution is 5.23. The van der Waals surface area contributed by atoms with Gasteiger partial charge in [0, 0.05) is 12.0 Å². The normalized spacial score (nSPS) is 30.0. The smallest absolute Gasteiger partial charge is 0.109 e. The van der Waals surface area contributed by atoms with Gasteiger partial charge in [-0.05, 0) is 12.5 Å². The molecule has 1 aliphatic rings. The van der Waals surface area contributed by atoms with Gasteiger partial charge in [0.1, 0.15) is 11.9 Å². The first-order valence-electron chi connectivity index (χ1n) is 3.71. The lowest BCUT2D eigenvalue weighted by atomic mass is 9.93. The Balaban J connectivity index is 2.38. The molecule has 0 saturated carbocycles. The van der Waals surface area contributed by atoms with Gasteiger partial charge in [-0.3, -0.25) is 0 Å². The van der Waals surface area contributed by atoms with Gasteiger partial charge >= 0.3 is 0 Å². The minimum absolute atomic E-state index is 0.585. The summed E-state index contributed by atoms with van der Waals surface area (Å²) in [6.45, 7) is 0. The predicted molar refractivity (Wildman–Crippen MR) is 38.0 cm³/mol. The van der Waals surface area contributed by atoms with Crippen LogP contribution in [0.15, 0.2) is 16.7 Å². The van der Waals surface area contributed by atoms with E-state index in [4.69, 9.17) is 4.42 Å². The van der Waals surface area contributed by atoms with Gasteiger partial charge in [-0.15, -0.1) is 0 Å². The second kappa shape index (κ2) is 2.36. The number of furan rings is 1. The molecule has 60 valence electrons. The van der Waals surface area contributed by atoms with E-state index < -0.39 is 12.2 Å². The zero-order valence-electron chi connectivity index (χ0n) is 6.03. The van der Waals surface area contributed by atoms with Gasteiger partial charge in [-0.1, -0.05) is 0 Å². The molecule has 0 unspecified atom stereocenters. The summed E-state index contributed by atoms with van der Waals surface area (Å²) in [5.41, 5.74) is 0.740. The fraction of sp³-hybridized carbons (Fsp3) is 0.500. The molecule has 2 rings (SSSR count). The van der Waals surface area contributed by atoms with Gasteiger partial charge in [0.05, 0.1) is 12.4 Å². The van der Waals surface area contributed by atoms with Crippen molar-refractivity contribution in [1.82, 2.24) is 0 Å². The van der Waals surface area contributed by atoms with Crippen molar-refractivity contribution in [3.05, 3.63) is 23.7 Å². The van der Waals surface area contributed by atoms with Crippen molar-refractivity contribution in [1.29, 1.82) is 0 Å². The number of rotatable bonds is 0. The number of aryl methyl sites for hydroxylation is 1. The third-order valence-electron chi connectivity index (χ3n) is 2.13. The molecule has 0 saturated heterocycles. The molecule has 2 N–H and O–H groups in total. The van der Waals surface area contributed by atoms with E-state index in [1.165, 1.54) is 0 Å². The number of fused-ring (bicyclic) bond motifs is 1. The van der Waals surface area contributed by atoms with Crippen molar-refractivity contribution >= 4 is 0 Å². The van der Waals surface area contributed by atoms with Gasteiger partial charge < -0.3 is 14.6 Å². The lowest BCUT2D eigenvalue weighted by Crippen LogP contribution is -2.23. The highest BCUT2D eigenvalue weighted by Gasteiger charge is 2.27. The minimum atomic E-state index is -0.752. The standard InChI is InChI=1S/C8H10O3/c9-6-1-2-7-5(8(6)10)3-4-11-7/h3-4,6,8-10H,1-2H2/t6-,8+/m0/s1.